The third kappa shape index (κ3) is 4.69. The van der Waals surface area contributed by atoms with Crippen LogP contribution in [0.3, 0.4) is 0 Å². The normalized spacial score (nSPS) is 11.7. The van der Waals surface area contributed by atoms with E-state index < -0.39 is 0 Å². The van der Waals surface area contributed by atoms with Gasteiger partial charge >= 0.3 is 0 Å². The van der Waals surface area contributed by atoms with Gasteiger partial charge in [0, 0.05) is 5.56 Å². The molecular formula is C17H17BrFNO3. The van der Waals surface area contributed by atoms with Crippen LogP contribution in [0.15, 0.2) is 46.9 Å². The van der Waals surface area contributed by atoms with Crippen molar-refractivity contribution < 1.29 is 18.7 Å². The van der Waals surface area contributed by atoms with E-state index in [1.165, 1.54) is 18.2 Å². The highest BCUT2D eigenvalue weighted by Crippen LogP contribution is 2.26. The van der Waals surface area contributed by atoms with Gasteiger partial charge in [-0.2, -0.15) is 0 Å². The van der Waals surface area contributed by atoms with Gasteiger partial charge in [0.05, 0.1) is 17.6 Å². The van der Waals surface area contributed by atoms with Gasteiger partial charge in [0.25, 0.3) is 5.91 Å². The number of methoxy groups -OCH3 is 1. The van der Waals surface area contributed by atoms with Crippen LogP contribution in [-0.4, -0.2) is 19.6 Å². The Kier molecular flexibility index (Phi) is 5.98. The molecule has 0 heterocycles. The molecule has 0 aliphatic heterocycles. The first-order valence-corrected chi connectivity index (χ1v) is 7.80. The minimum absolute atomic E-state index is 0.163. The molecule has 1 amide bonds. The summed E-state index contributed by atoms with van der Waals surface area (Å²) in [6.07, 6.45) is 0. The van der Waals surface area contributed by atoms with Gasteiger partial charge in [0.2, 0.25) is 0 Å². The first-order chi connectivity index (χ1) is 11.0. The lowest BCUT2D eigenvalue weighted by Gasteiger charge is -2.17. The molecule has 0 bridgehead atoms. The van der Waals surface area contributed by atoms with Gasteiger partial charge in [-0.1, -0.05) is 18.2 Å². The molecule has 0 radical (unpaired) electrons. The Balaban J connectivity index is 1.94. The fourth-order valence-electron chi connectivity index (χ4n) is 2.12. The summed E-state index contributed by atoms with van der Waals surface area (Å²) in [5, 5.41) is 2.84. The third-order valence-corrected chi connectivity index (χ3v) is 3.86. The van der Waals surface area contributed by atoms with E-state index in [9.17, 15) is 9.18 Å². The summed E-state index contributed by atoms with van der Waals surface area (Å²) in [4.78, 5) is 12.0. The molecule has 1 atom stereocenters. The summed E-state index contributed by atoms with van der Waals surface area (Å²) in [6.45, 7) is 1.70. The zero-order chi connectivity index (χ0) is 16.8. The molecule has 2 aromatic carbocycles. The highest BCUT2D eigenvalue weighted by molar-refractivity contribution is 9.10. The minimum Gasteiger partial charge on any atom is -0.496 e. The van der Waals surface area contributed by atoms with E-state index in [0.29, 0.717) is 16.0 Å². The number of halogens is 2. The molecule has 23 heavy (non-hydrogen) atoms. The number of nitrogens with one attached hydrogen (secondary N) is 1. The van der Waals surface area contributed by atoms with Crippen molar-refractivity contribution in [1.82, 2.24) is 5.32 Å². The lowest BCUT2D eigenvalue weighted by atomic mass is 10.1. The van der Waals surface area contributed by atoms with Gasteiger partial charge < -0.3 is 14.8 Å². The van der Waals surface area contributed by atoms with E-state index in [2.05, 4.69) is 21.2 Å². The number of para-hydroxylation sites is 1. The van der Waals surface area contributed by atoms with Crippen LogP contribution in [0, 0.1) is 5.82 Å². The number of benzene rings is 2. The van der Waals surface area contributed by atoms with Gasteiger partial charge in [0.15, 0.2) is 6.61 Å². The van der Waals surface area contributed by atoms with Crippen molar-refractivity contribution in [1.29, 1.82) is 0 Å². The SMILES string of the molecule is COc1ccccc1[C@H](C)NC(=O)COc1ccc(F)cc1Br. The van der Waals surface area contributed by atoms with Crippen LogP contribution < -0.4 is 14.8 Å². The maximum atomic E-state index is 13.0. The summed E-state index contributed by atoms with van der Waals surface area (Å²) in [6, 6.07) is 11.3. The Labute approximate surface area is 142 Å². The number of hydrogen-bond donors (Lipinski definition) is 1. The van der Waals surface area contributed by atoms with Crippen LogP contribution in [0.2, 0.25) is 0 Å². The summed E-state index contributed by atoms with van der Waals surface area (Å²) < 4.78 is 24.1. The highest BCUT2D eigenvalue weighted by atomic mass is 79.9. The van der Waals surface area contributed by atoms with E-state index in [-0.39, 0.29) is 24.4 Å². The molecule has 0 aromatic heterocycles. The van der Waals surface area contributed by atoms with E-state index >= 15 is 0 Å². The molecule has 6 heteroatoms. The lowest BCUT2D eigenvalue weighted by molar-refractivity contribution is -0.123. The number of amides is 1. The standard InChI is InChI=1S/C17H17BrFNO3/c1-11(13-5-3-4-6-15(13)22-2)20-17(21)10-23-16-8-7-12(19)9-14(16)18/h3-9,11H,10H2,1-2H3,(H,20,21)/t11-/m0/s1. The van der Waals surface area contributed by atoms with E-state index in [1.54, 1.807) is 7.11 Å². The van der Waals surface area contributed by atoms with Gasteiger partial charge in [-0.3, -0.25) is 4.79 Å². The minimum atomic E-state index is -0.376. The summed E-state index contributed by atoms with van der Waals surface area (Å²) in [5.41, 5.74) is 0.881. The first kappa shape index (κ1) is 17.3. The summed E-state index contributed by atoms with van der Waals surface area (Å²) >= 11 is 3.19. The van der Waals surface area contributed by atoms with Crippen molar-refractivity contribution in [2.45, 2.75) is 13.0 Å². The van der Waals surface area contributed by atoms with E-state index in [0.717, 1.165) is 5.56 Å². The van der Waals surface area contributed by atoms with Gasteiger partial charge in [-0.15, -0.1) is 0 Å². The molecular weight excluding hydrogens is 365 g/mol. The molecule has 4 nitrogen and oxygen atoms in total. The van der Waals surface area contributed by atoms with Crippen LogP contribution >= 0.6 is 15.9 Å². The Morgan fingerprint density at radius 2 is 2.00 bits per heavy atom. The highest BCUT2D eigenvalue weighted by Gasteiger charge is 2.14. The molecule has 0 aliphatic carbocycles. The Morgan fingerprint density at radius 1 is 1.26 bits per heavy atom. The molecule has 2 aromatic rings. The quantitative estimate of drug-likeness (QED) is 0.826. The second-order valence-electron chi connectivity index (χ2n) is 4.89. The molecule has 0 fully saturated rings. The molecule has 0 saturated carbocycles. The average molecular weight is 382 g/mol. The van der Waals surface area contributed by atoms with Gasteiger partial charge in [-0.25, -0.2) is 4.39 Å². The molecule has 0 spiro atoms. The number of rotatable bonds is 6. The van der Waals surface area contributed by atoms with Crippen molar-refractivity contribution >= 4 is 21.8 Å². The van der Waals surface area contributed by atoms with E-state index in [4.69, 9.17) is 9.47 Å². The lowest BCUT2D eigenvalue weighted by Crippen LogP contribution is -2.31. The van der Waals surface area contributed by atoms with Crippen molar-refractivity contribution in [3.63, 3.8) is 0 Å². The zero-order valence-corrected chi connectivity index (χ0v) is 14.4. The fourth-order valence-corrected chi connectivity index (χ4v) is 2.59. The van der Waals surface area contributed by atoms with Crippen LogP contribution in [-0.2, 0) is 4.79 Å². The third-order valence-electron chi connectivity index (χ3n) is 3.24. The second-order valence-corrected chi connectivity index (χ2v) is 5.75. The van der Waals surface area contributed by atoms with Crippen LogP contribution in [0.1, 0.15) is 18.5 Å². The molecule has 1 N–H and O–H groups in total. The Hall–Kier alpha value is -2.08. The van der Waals surface area contributed by atoms with Crippen molar-refractivity contribution in [3.8, 4) is 11.5 Å². The van der Waals surface area contributed by atoms with Crippen molar-refractivity contribution in [3.05, 3.63) is 58.3 Å². The number of hydrogen-bond acceptors (Lipinski definition) is 3. The van der Waals surface area contributed by atoms with Crippen LogP contribution in [0.5, 0.6) is 11.5 Å². The number of carbonyl (C=O) groups is 1. The number of carbonyl (C=O) groups excluding carboxylic acids is 1. The van der Waals surface area contributed by atoms with E-state index in [1.807, 2.05) is 31.2 Å². The molecule has 122 valence electrons. The summed E-state index contributed by atoms with van der Waals surface area (Å²) in [5.74, 6) is 0.465. The second kappa shape index (κ2) is 7.97. The fraction of sp³-hybridized carbons (Fsp3) is 0.235. The van der Waals surface area contributed by atoms with Crippen LogP contribution in [0.25, 0.3) is 0 Å². The molecule has 0 aliphatic rings. The predicted molar refractivity (Wildman–Crippen MR) is 89.1 cm³/mol. The topological polar surface area (TPSA) is 47.6 Å². The first-order valence-electron chi connectivity index (χ1n) is 7.01. The van der Waals surface area contributed by atoms with Crippen molar-refractivity contribution in [2.24, 2.45) is 0 Å². The van der Waals surface area contributed by atoms with Crippen molar-refractivity contribution in [2.75, 3.05) is 13.7 Å². The van der Waals surface area contributed by atoms with Gasteiger partial charge in [-0.05, 0) is 47.1 Å². The average Bonchev–Trinajstić information content (AvgIpc) is 2.54. The summed E-state index contributed by atoms with van der Waals surface area (Å²) in [7, 11) is 1.59. The van der Waals surface area contributed by atoms with Crippen LogP contribution in [0.4, 0.5) is 4.39 Å². The number of ether oxygens (including phenoxy) is 2. The monoisotopic (exact) mass is 381 g/mol. The Morgan fingerprint density at radius 3 is 2.70 bits per heavy atom. The Bertz CT molecular complexity index is 693. The zero-order valence-electron chi connectivity index (χ0n) is 12.8. The molecule has 0 unspecified atom stereocenters. The maximum absolute atomic E-state index is 13.0. The predicted octanol–water partition coefficient (Wildman–Crippen LogP) is 3.85. The maximum Gasteiger partial charge on any atom is 0.258 e. The molecule has 2 rings (SSSR count). The largest absolute Gasteiger partial charge is 0.496 e. The smallest absolute Gasteiger partial charge is 0.258 e. The molecule has 0 saturated heterocycles. The van der Waals surface area contributed by atoms with Gasteiger partial charge in [0.1, 0.15) is 17.3 Å².